The highest BCUT2D eigenvalue weighted by Gasteiger charge is 2.41. The van der Waals surface area contributed by atoms with Gasteiger partial charge in [-0.1, -0.05) is 6.58 Å². The molecule has 6 rings (SSSR count). The number of aromatic nitrogens is 4. The number of piperidine rings is 1. The van der Waals surface area contributed by atoms with Gasteiger partial charge in [0, 0.05) is 67.9 Å². The Morgan fingerprint density at radius 1 is 1.32 bits per heavy atom. The van der Waals surface area contributed by atoms with Crippen LogP contribution in [0.3, 0.4) is 0 Å². The molecule has 0 radical (unpaired) electrons. The third kappa shape index (κ3) is 4.25. The van der Waals surface area contributed by atoms with E-state index in [1.165, 1.54) is 6.08 Å². The SMILES string of the molecule is C=CC(=O)N1CC[C@H](N2CC(c3cc4c(c(C)n3)OCc3c(-c5cnn(C)c5)ccnc3N4)C2)[C@@H](F)C1. The lowest BCUT2D eigenvalue weighted by atomic mass is 9.89. The lowest BCUT2D eigenvalue weighted by molar-refractivity contribution is -0.130. The quantitative estimate of drug-likeness (QED) is 0.547. The molecule has 2 atom stereocenters. The van der Waals surface area contributed by atoms with Gasteiger partial charge in [0.1, 0.15) is 18.6 Å². The van der Waals surface area contributed by atoms with Crippen LogP contribution >= 0.6 is 0 Å². The first-order chi connectivity index (χ1) is 17.9. The number of amides is 1. The van der Waals surface area contributed by atoms with Crippen LogP contribution < -0.4 is 10.1 Å². The second-order valence-electron chi connectivity index (χ2n) is 10.0. The first kappa shape index (κ1) is 23.6. The number of carbonyl (C=O) groups is 1. The van der Waals surface area contributed by atoms with Gasteiger partial charge in [0.05, 0.1) is 24.1 Å². The molecule has 3 aromatic rings. The molecule has 1 amide bonds. The van der Waals surface area contributed by atoms with Crippen molar-refractivity contribution in [3.8, 4) is 16.9 Å². The molecular weight excluding hydrogens is 473 g/mol. The Hall–Kier alpha value is -3.79. The maximum absolute atomic E-state index is 14.9. The molecule has 3 aliphatic rings. The van der Waals surface area contributed by atoms with E-state index in [-0.39, 0.29) is 24.4 Å². The third-order valence-electron chi connectivity index (χ3n) is 7.64. The molecule has 0 saturated carbocycles. The van der Waals surface area contributed by atoms with Gasteiger partial charge in [-0.3, -0.25) is 19.4 Å². The molecule has 9 nitrogen and oxygen atoms in total. The van der Waals surface area contributed by atoms with E-state index in [9.17, 15) is 9.18 Å². The van der Waals surface area contributed by atoms with Crippen molar-refractivity contribution in [1.29, 1.82) is 0 Å². The van der Waals surface area contributed by atoms with Gasteiger partial charge in [-0.2, -0.15) is 5.10 Å². The predicted octanol–water partition coefficient (Wildman–Crippen LogP) is 3.35. The van der Waals surface area contributed by atoms with Gasteiger partial charge in [-0.25, -0.2) is 9.37 Å². The summed E-state index contributed by atoms with van der Waals surface area (Å²) in [7, 11) is 1.90. The van der Waals surface area contributed by atoms with E-state index in [1.54, 1.807) is 15.8 Å². The Morgan fingerprint density at radius 3 is 2.89 bits per heavy atom. The predicted molar refractivity (Wildman–Crippen MR) is 137 cm³/mol. The van der Waals surface area contributed by atoms with E-state index in [4.69, 9.17) is 9.72 Å². The normalized spacial score (nSPS) is 21.6. The number of rotatable bonds is 4. The van der Waals surface area contributed by atoms with Crippen LogP contribution in [0.25, 0.3) is 11.1 Å². The number of anilines is 2. The molecule has 0 aliphatic carbocycles. The Kier molecular flexibility index (Phi) is 5.91. The second-order valence-corrected chi connectivity index (χ2v) is 10.0. The van der Waals surface area contributed by atoms with Gasteiger partial charge in [0.15, 0.2) is 5.75 Å². The number of hydrogen-bond donors (Lipinski definition) is 1. The first-order valence-corrected chi connectivity index (χ1v) is 12.6. The van der Waals surface area contributed by atoms with E-state index >= 15 is 0 Å². The number of nitrogens with zero attached hydrogens (tertiary/aromatic N) is 6. The molecular formula is C27H30FN7O2. The van der Waals surface area contributed by atoms with Crippen LogP contribution in [0.15, 0.2) is 43.4 Å². The van der Waals surface area contributed by atoms with Gasteiger partial charge in [-0.15, -0.1) is 0 Å². The van der Waals surface area contributed by atoms with Crippen LogP contribution in [0.2, 0.25) is 0 Å². The fourth-order valence-electron chi connectivity index (χ4n) is 5.62. The monoisotopic (exact) mass is 503 g/mol. The molecule has 2 saturated heterocycles. The highest BCUT2D eigenvalue weighted by Crippen LogP contribution is 2.41. The first-order valence-electron chi connectivity index (χ1n) is 12.6. The smallest absolute Gasteiger partial charge is 0.246 e. The molecule has 3 aliphatic heterocycles. The van der Waals surface area contributed by atoms with Crippen molar-refractivity contribution in [2.45, 2.75) is 38.1 Å². The summed E-state index contributed by atoms with van der Waals surface area (Å²) in [5.74, 6) is 1.49. The number of hydrogen-bond acceptors (Lipinski definition) is 7. The lowest BCUT2D eigenvalue weighted by Crippen LogP contribution is -2.59. The van der Waals surface area contributed by atoms with E-state index in [2.05, 4.69) is 26.9 Å². The van der Waals surface area contributed by atoms with Crippen LogP contribution in [-0.2, 0) is 18.4 Å². The molecule has 0 aromatic carbocycles. The number of aryl methyl sites for hydroxylation is 2. The highest BCUT2D eigenvalue weighted by molar-refractivity contribution is 5.87. The zero-order chi connectivity index (χ0) is 25.7. The van der Waals surface area contributed by atoms with Crippen molar-refractivity contribution in [3.63, 3.8) is 0 Å². The summed E-state index contributed by atoms with van der Waals surface area (Å²) in [4.78, 5) is 25.0. The molecule has 0 spiro atoms. The van der Waals surface area contributed by atoms with Gasteiger partial charge in [0.2, 0.25) is 5.91 Å². The average Bonchev–Trinajstić information content (AvgIpc) is 3.19. The van der Waals surface area contributed by atoms with Gasteiger partial charge in [0.25, 0.3) is 0 Å². The number of pyridine rings is 2. The summed E-state index contributed by atoms with van der Waals surface area (Å²) in [6.07, 6.45) is 6.42. The number of halogens is 1. The fourth-order valence-corrected chi connectivity index (χ4v) is 5.62. The minimum absolute atomic E-state index is 0.127. The van der Waals surface area contributed by atoms with Gasteiger partial charge in [-0.05, 0) is 37.1 Å². The van der Waals surface area contributed by atoms with Gasteiger partial charge >= 0.3 is 0 Å². The minimum atomic E-state index is -1.06. The number of fused-ring (bicyclic) bond motifs is 2. The maximum atomic E-state index is 14.9. The Bertz CT molecular complexity index is 1370. The number of likely N-dealkylation sites (tertiary alicyclic amines) is 2. The third-order valence-corrected chi connectivity index (χ3v) is 7.64. The van der Waals surface area contributed by atoms with Crippen molar-refractivity contribution < 1.29 is 13.9 Å². The number of ether oxygens (including phenoxy) is 1. The Balaban J connectivity index is 1.18. The highest BCUT2D eigenvalue weighted by atomic mass is 19.1. The van der Waals surface area contributed by atoms with Crippen molar-refractivity contribution >= 4 is 17.4 Å². The molecule has 37 heavy (non-hydrogen) atoms. The molecule has 1 N–H and O–H groups in total. The van der Waals surface area contributed by atoms with Crippen LogP contribution in [0.4, 0.5) is 15.9 Å². The van der Waals surface area contributed by atoms with E-state index in [1.807, 2.05) is 38.5 Å². The molecule has 0 unspecified atom stereocenters. The van der Waals surface area contributed by atoms with Crippen LogP contribution in [0.1, 0.15) is 29.3 Å². The van der Waals surface area contributed by atoms with Gasteiger partial charge < -0.3 is 15.0 Å². The van der Waals surface area contributed by atoms with Crippen molar-refractivity contribution in [3.05, 3.63) is 60.3 Å². The van der Waals surface area contributed by atoms with E-state index < -0.39 is 6.17 Å². The maximum Gasteiger partial charge on any atom is 0.246 e. The van der Waals surface area contributed by atoms with E-state index in [0.29, 0.717) is 19.6 Å². The van der Waals surface area contributed by atoms with Crippen LogP contribution in [0, 0.1) is 6.92 Å². The molecule has 2 fully saturated rings. The number of nitrogens with one attached hydrogen (secondary N) is 1. The van der Waals surface area contributed by atoms with Crippen molar-refractivity contribution in [2.75, 3.05) is 31.5 Å². The molecule has 6 heterocycles. The molecule has 192 valence electrons. The average molecular weight is 504 g/mol. The summed E-state index contributed by atoms with van der Waals surface area (Å²) in [5, 5.41) is 7.79. The molecule has 0 bridgehead atoms. The molecule has 10 heteroatoms. The summed E-state index contributed by atoms with van der Waals surface area (Å²) >= 11 is 0. The van der Waals surface area contributed by atoms with E-state index in [0.717, 1.165) is 58.4 Å². The Morgan fingerprint density at radius 2 is 2.16 bits per heavy atom. The summed E-state index contributed by atoms with van der Waals surface area (Å²) < 4.78 is 22.9. The summed E-state index contributed by atoms with van der Waals surface area (Å²) in [6.45, 7) is 8.00. The standard InChI is InChI=1S/C27H30FN7O2/c1-4-25(36)34-8-6-24(21(28)14-34)35-12-18(13-35)22-9-23-26(16(2)31-22)37-15-20-19(5-7-29-27(20)32-23)17-10-30-33(3)11-17/h4-5,7,9-11,18,21,24H,1,6,8,12-15H2,2-3H3,(H,29,32)/t21-,24-/m0/s1. The minimum Gasteiger partial charge on any atom is -0.485 e. The lowest BCUT2D eigenvalue weighted by Gasteiger charge is -2.48. The summed E-state index contributed by atoms with van der Waals surface area (Å²) in [6, 6.07) is 3.85. The summed E-state index contributed by atoms with van der Waals surface area (Å²) in [5.41, 5.74) is 5.63. The number of alkyl halides is 1. The van der Waals surface area contributed by atoms with Crippen molar-refractivity contribution in [1.82, 2.24) is 29.5 Å². The molecule has 3 aromatic heterocycles. The van der Waals surface area contributed by atoms with Crippen molar-refractivity contribution in [2.24, 2.45) is 7.05 Å². The van der Waals surface area contributed by atoms with Crippen LogP contribution in [0.5, 0.6) is 5.75 Å². The zero-order valence-corrected chi connectivity index (χ0v) is 21.0. The largest absolute Gasteiger partial charge is 0.485 e. The Labute approximate surface area is 215 Å². The second kappa shape index (κ2) is 9.26. The zero-order valence-electron chi connectivity index (χ0n) is 21.0. The van der Waals surface area contributed by atoms with Crippen LogP contribution in [-0.4, -0.2) is 73.8 Å². The number of carbonyl (C=O) groups excluding carboxylic acids is 1. The fraction of sp³-hybridized carbons (Fsp3) is 0.407. The topological polar surface area (TPSA) is 88.4 Å².